The second-order valence-electron chi connectivity index (χ2n) is 9.44. The largest absolute Gasteiger partial charge is 0.573 e. The molecule has 0 aromatic heterocycles. The van der Waals surface area contributed by atoms with Crippen molar-refractivity contribution in [1.82, 2.24) is 5.32 Å². The first-order valence-electron chi connectivity index (χ1n) is 13.0. The Morgan fingerprint density at radius 2 is 1.67 bits per heavy atom. The summed E-state index contributed by atoms with van der Waals surface area (Å²) < 4.78 is 78.6. The summed E-state index contributed by atoms with van der Waals surface area (Å²) in [4.78, 5) is 18.2. The maximum Gasteiger partial charge on any atom is 0.573 e. The first kappa shape index (κ1) is 30.8. The van der Waals surface area contributed by atoms with Gasteiger partial charge in [0.15, 0.2) is 15.4 Å². The van der Waals surface area contributed by atoms with Gasteiger partial charge in [-0.2, -0.15) is 0 Å². The lowest BCUT2D eigenvalue weighted by Crippen LogP contribution is -2.47. The first-order chi connectivity index (χ1) is 20.0. The highest BCUT2D eigenvalue weighted by molar-refractivity contribution is 7.91. The summed E-state index contributed by atoms with van der Waals surface area (Å²) in [6.07, 6.45) is -4.53. The maximum atomic E-state index is 13.5. The zero-order chi connectivity index (χ0) is 30.2. The van der Waals surface area contributed by atoms with E-state index in [0.717, 1.165) is 12.1 Å². The molecular formula is C29H29F3N2O7S. The van der Waals surface area contributed by atoms with E-state index < -0.39 is 33.4 Å². The maximum absolute atomic E-state index is 13.5. The highest BCUT2D eigenvalue weighted by atomic mass is 32.2. The second kappa shape index (κ2) is 13.3. The van der Waals surface area contributed by atoms with Crippen molar-refractivity contribution >= 4 is 21.6 Å². The summed E-state index contributed by atoms with van der Waals surface area (Å²) in [5, 5.41) is 11.6. The molecule has 0 saturated carbocycles. The molecule has 0 fully saturated rings. The van der Waals surface area contributed by atoms with Gasteiger partial charge >= 0.3 is 6.36 Å². The predicted molar refractivity (Wildman–Crippen MR) is 147 cm³/mol. The fraction of sp³-hybridized carbons (Fsp3) is 0.310. The average molecular weight is 607 g/mol. The smallest absolute Gasteiger partial charge is 0.494 e. The van der Waals surface area contributed by atoms with Gasteiger partial charge in [0, 0.05) is 25.1 Å². The van der Waals surface area contributed by atoms with Gasteiger partial charge < -0.3 is 24.6 Å². The Morgan fingerprint density at radius 3 is 2.31 bits per heavy atom. The summed E-state index contributed by atoms with van der Waals surface area (Å²) in [5.74, 6) is -0.664. The molecule has 0 saturated heterocycles. The van der Waals surface area contributed by atoms with Gasteiger partial charge in [-0.3, -0.25) is 4.79 Å². The minimum absolute atomic E-state index is 0.00462. The van der Waals surface area contributed by atoms with Crippen LogP contribution in [0, 0.1) is 0 Å². The molecule has 0 aliphatic carbocycles. The standard InChI is InChI=1S/C29H29F3N2O7S/c30-29(31,32)41-24-11-7-21(8-12-24)19-33-27(36)28(15-18-42(37,38)25-5-2-1-3-6-25)20-40-26(34-28)22-9-13-23(14-10-22)39-17-4-16-35/h1-3,5-14,35H,4,15-20H2,(H,33,36)/t28-/m1/s1. The zero-order valence-electron chi connectivity index (χ0n) is 22.3. The number of aliphatic imine (C=N–C) groups is 1. The lowest BCUT2D eigenvalue weighted by molar-refractivity contribution is -0.274. The topological polar surface area (TPSA) is 124 Å². The van der Waals surface area contributed by atoms with E-state index in [9.17, 15) is 26.4 Å². The van der Waals surface area contributed by atoms with Crippen molar-refractivity contribution in [3.05, 3.63) is 90.0 Å². The molecule has 1 aliphatic heterocycles. The Kier molecular flexibility index (Phi) is 9.74. The number of hydrogen-bond donors (Lipinski definition) is 2. The first-order valence-corrected chi connectivity index (χ1v) is 14.6. The number of hydrogen-bond acceptors (Lipinski definition) is 8. The molecular weight excluding hydrogens is 577 g/mol. The molecule has 1 atom stereocenters. The van der Waals surface area contributed by atoms with Crippen LogP contribution in [0.5, 0.6) is 11.5 Å². The third-order valence-electron chi connectivity index (χ3n) is 6.36. The number of rotatable bonds is 13. The predicted octanol–water partition coefficient (Wildman–Crippen LogP) is 4.04. The van der Waals surface area contributed by atoms with Crippen molar-refractivity contribution in [2.24, 2.45) is 4.99 Å². The molecule has 1 heterocycles. The second-order valence-corrected chi connectivity index (χ2v) is 11.6. The number of carbonyl (C=O) groups excluding carboxylic acids is 1. The van der Waals surface area contributed by atoms with E-state index in [2.05, 4.69) is 15.0 Å². The number of aliphatic hydroxyl groups excluding tert-OH is 1. The fourth-order valence-electron chi connectivity index (χ4n) is 4.11. The summed E-state index contributed by atoms with van der Waals surface area (Å²) in [6, 6.07) is 19.6. The van der Waals surface area contributed by atoms with Gasteiger partial charge in [0.25, 0.3) is 5.91 Å². The minimum atomic E-state index is -4.83. The van der Waals surface area contributed by atoms with Crippen LogP contribution < -0.4 is 14.8 Å². The summed E-state index contributed by atoms with van der Waals surface area (Å²) in [5.41, 5.74) is -0.539. The monoisotopic (exact) mass is 606 g/mol. The number of amides is 1. The Hall–Kier alpha value is -4.10. The molecule has 4 rings (SSSR count). The van der Waals surface area contributed by atoms with Crippen molar-refractivity contribution in [2.75, 3.05) is 25.6 Å². The Balaban J connectivity index is 1.52. The van der Waals surface area contributed by atoms with E-state index in [1.807, 2.05) is 0 Å². The van der Waals surface area contributed by atoms with Gasteiger partial charge in [-0.05, 0) is 60.5 Å². The fourth-order valence-corrected chi connectivity index (χ4v) is 5.52. The highest BCUT2D eigenvalue weighted by Crippen LogP contribution is 2.29. The van der Waals surface area contributed by atoms with Crippen LogP contribution in [-0.2, 0) is 25.9 Å². The number of carbonyl (C=O) groups is 1. The third kappa shape index (κ3) is 8.23. The normalized spacial score (nSPS) is 16.8. The number of aliphatic hydroxyl groups is 1. The molecule has 3 aromatic rings. The lowest BCUT2D eigenvalue weighted by atomic mass is 9.97. The van der Waals surface area contributed by atoms with Crippen molar-refractivity contribution < 1.29 is 45.7 Å². The van der Waals surface area contributed by atoms with Crippen molar-refractivity contribution in [1.29, 1.82) is 0 Å². The summed E-state index contributed by atoms with van der Waals surface area (Å²) >= 11 is 0. The summed E-state index contributed by atoms with van der Waals surface area (Å²) in [7, 11) is -3.75. The van der Waals surface area contributed by atoms with Crippen LogP contribution in [0.15, 0.2) is 88.8 Å². The number of alkyl halides is 3. The SMILES string of the molecule is O=C(NCc1ccc(OC(F)(F)F)cc1)[C@@]1(CCS(=O)(=O)c2ccccc2)COC(c2ccc(OCCCO)cc2)=N1. The van der Waals surface area contributed by atoms with Crippen LogP contribution in [-0.4, -0.2) is 62.8 Å². The number of benzene rings is 3. The minimum Gasteiger partial charge on any atom is -0.494 e. The van der Waals surface area contributed by atoms with E-state index in [4.69, 9.17) is 14.6 Å². The van der Waals surface area contributed by atoms with Crippen LogP contribution in [0.1, 0.15) is 24.0 Å². The number of ether oxygens (including phenoxy) is 3. The summed E-state index contributed by atoms with van der Waals surface area (Å²) in [6.45, 7) is 0.0732. The number of nitrogens with zero attached hydrogens (tertiary/aromatic N) is 1. The molecule has 0 radical (unpaired) electrons. The van der Waals surface area contributed by atoms with E-state index >= 15 is 0 Å². The van der Waals surface area contributed by atoms with E-state index in [-0.39, 0.29) is 42.7 Å². The van der Waals surface area contributed by atoms with Gasteiger partial charge in [0.2, 0.25) is 5.90 Å². The molecule has 0 bridgehead atoms. The van der Waals surface area contributed by atoms with E-state index in [1.54, 1.807) is 42.5 Å². The lowest BCUT2D eigenvalue weighted by Gasteiger charge is -2.23. The van der Waals surface area contributed by atoms with Gasteiger partial charge in [0.1, 0.15) is 18.1 Å². The molecule has 0 spiro atoms. The highest BCUT2D eigenvalue weighted by Gasteiger charge is 2.45. The van der Waals surface area contributed by atoms with Crippen molar-refractivity contribution in [3.63, 3.8) is 0 Å². The molecule has 42 heavy (non-hydrogen) atoms. The number of sulfone groups is 1. The van der Waals surface area contributed by atoms with Crippen LogP contribution in [0.2, 0.25) is 0 Å². The molecule has 224 valence electrons. The van der Waals surface area contributed by atoms with E-state index in [0.29, 0.717) is 29.9 Å². The molecule has 13 heteroatoms. The Morgan fingerprint density at radius 1 is 1.00 bits per heavy atom. The van der Waals surface area contributed by atoms with Crippen LogP contribution in [0.3, 0.4) is 0 Å². The van der Waals surface area contributed by atoms with Gasteiger partial charge in [-0.1, -0.05) is 30.3 Å². The zero-order valence-corrected chi connectivity index (χ0v) is 23.2. The average Bonchev–Trinajstić information content (AvgIpc) is 3.42. The van der Waals surface area contributed by atoms with Crippen molar-refractivity contribution in [2.45, 2.75) is 36.2 Å². The van der Waals surface area contributed by atoms with Gasteiger partial charge in [-0.15, -0.1) is 13.2 Å². The molecule has 3 aromatic carbocycles. The molecule has 1 aliphatic rings. The van der Waals surface area contributed by atoms with Crippen LogP contribution in [0.25, 0.3) is 0 Å². The Labute approximate surface area is 240 Å². The number of halogens is 3. The van der Waals surface area contributed by atoms with E-state index in [1.165, 1.54) is 24.3 Å². The van der Waals surface area contributed by atoms with Crippen molar-refractivity contribution in [3.8, 4) is 11.5 Å². The molecule has 9 nitrogen and oxygen atoms in total. The molecule has 0 unspecified atom stereocenters. The number of nitrogens with one attached hydrogen (secondary N) is 1. The van der Waals surface area contributed by atoms with Gasteiger partial charge in [-0.25, -0.2) is 13.4 Å². The molecule has 2 N–H and O–H groups in total. The van der Waals surface area contributed by atoms with Crippen LogP contribution in [0.4, 0.5) is 13.2 Å². The quantitative estimate of drug-likeness (QED) is 0.282. The Bertz CT molecular complexity index is 1480. The molecule has 1 amide bonds. The van der Waals surface area contributed by atoms with Gasteiger partial charge in [0.05, 0.1) is 17.3 Å². The van der Waals surface area contributed by atoms with Crippen LogP contribution >= 0.6 is 0 Å². The third-order valence-corrected chi connectivity index (χ3v) is 8.09.